The normalized spacial score (nSPS) is 11.7. The summed E-state index contributed by atoms with van der Waals surface area (Å²) >= 11 is 0. The maximum absolute atomic E-state index is 11.8. The van der Waals surface area contributed by atoms with Gasteiger partial charge in [-0.2, -0.15) is 0 Å². The van der Waals surface area contributed by atoms with Crippen molar-refractivity contribution in [1.82, 2.24) is 0 Å². The van der Waals surface area contributed by atoms with Gasteiger partial charge < -0.3 is 9.11 Å². The zero-order valence-electron chi connectivity index (χ0n) is 15.5. The molecule has 0 unspecified atom stereocenters. The molecule has 31 heavy (non-hydrogen) atoms. The van der Waals surface area contributed by atoms with Crippen molar-refractivity contribution in [2.75, 3.05) is 0 Å². The van der Waals surface area contributed by atoms with E-state index in [-0.39, 0.29) is 62.3 Å². The van der Waals surface area contributed by atoms with E-state index in [0.717, 1.165) is 0 Å². The molecule has 4 rings (SSSR count). The molecule has 0 aliphatic carbocycles. The van der Waals surface area contributed by atoms with E-state index in [9.17, 15) is 25.9 Å². The van der Waals surface area contributed by atoms with Crippen LogP contribution in [0, 0.1) is 0 Å². The van der Waals surface area contributed by atoms with Crippen molar-refractivity contribution >= 4 is 41.8 Å². The molecular weight excluding hydrogens is 628 g/mol. The van der Waals surface area contributed by atoms with E-state index >= 15 is 0 Å². The van der Waals surface area contributed by atoms with Gasteiger partial charge in [0.1, 0.15) is 20.2 Å². The van der Waals surface area contributed by atoms with Gasteiger partial charge in [0, 0.05) is 0 Å². The standard InChI is InChI=1S/C21H16O6S2.2Ag/c22-28(23,24)20-12-16-7-3-1-5-14(16)9-18(20)11-19-10-15-6-2-4-8-17(15)13-21(19)29(25,26)27;;/h1-10,12-13H,11H2,(H,22,23,24)(H,25,26,27);;/q;2*+1/p-2. The van der Waals surface area contributed by atoms with E-state index < -0.39 is 30.0 Å². The van der Waals surface area contributed by atoms with E-state index in [1.54, 1.807) is 48.5 Å². The summed E-state index contributed by atoms with van der Waals surface area (Å²) in [7, 11) is -9.63. The number of fused-ring (bicyclic) bond motifs is 2. The van der Waals surface area contributed by atoms with Gasteiger partial charge in [0.25, 0.3) is 0 Å². The molecule has 0 aliphatic heterocycles. The average Bonchev–Trinajstić information content (AvgIpc) is 2.65. The third kappa shape index (κ3) is 5.55. The largest absolute Gasteiger partial charge is 1.00 e. The summed E-state index contributed by atoms with van der Waals surface area (Å²) in [6, 6.07) is 19.5. The van der Waals surface area contributed by atoms with Crippen molar-refractivity contribution in [2.45, 2.75) is 16.2 Å². The molecule has 4 aromatic carbocycles. The van der Waals surface area contributed by atoms with Crippen LogP contribution in [0.25, 0.3) is 21.5 Å². The Bertz CT molecular complexity index is 1370. The van der Waals surface area contributed by atoms with Gasteiger partial charge in [-0.15, -0.1) is 0 Å². The second kappa shape index (κ2) is 9.68. The fourth-order valence-corrected chi connectivity index (χ4v) is 4.93. The first-order valence-electron chi connectivity index (χ1n) is 8.58. The second-order valence-electron chi connectivity index (χ2n) is 6.70. The van der Waals surface area contributed by atoms with Crippen LogP contribution in [0.15, 0.2) is 82.6 Å². The van der Waals surface area contributed by atoms with Crippen LogP contribution < -0.4 is 0 Å². The maximum Gasteiger partial charge on any atom is 1.00 e. The maximum atomic E-state index is 11.8. The van der Waals surface area contributed by atoms with Crippen molar-refractivity contribution in [3.63, 3.8) is 0 Å². The topological polar surface area (TPSA) is 114 Å². The number of hydrogen-bond acceptors (Lipinski definition) is 6. The minimum atomic E-state index is -4.81. The minimum absolute atomic E-state index is 0. The zero-order valence-corrected chi connectivity index (χ0v) is 20.1. The minimum Gasteiger partial charge on any atom is -0.744 e. The molecule has 0 aliphatic rings. The van der Waals surface area contributed by atoms with Crippen molar-refractivity contribution < 1.29 is 70.7 Å². The summed E-state index contributed by atoms with van der Waals surface area (Å²) in [6.45, 7) is 0. The molecular formula is C21H14Ag2O6S2. The Hall–Kier alpha value is -1.30. The number of hydrogen-bond donors (Lipinski definition) is 0. The molecule has 0 saturated heterocycles. The second-order valence-corrected chi connectivity index (χ2v) is 9.40. The van der Waals surface area contributed by atoms with Crippen molar-refractivity contribution in [3.05, 3.63) is 83.9 Å². The summed E-state index contributed by atoms with van der Waals surface area (Å²) in [5.41, 5.74) is 0.276. The molecule has 0 heterocycles. The van der Waals surface area contributed by atoms with Crippen LogP contribution in [0.5, 0.6) is 0 Å². The summed E-state index contributed by atoms with van der Waals surface area (Å²) in [5.74, 6) is 0. The fourth-order valence-electron chi connectivity index (χ4n) is 3.48. The number of benzene rings is 4. The van der Waals surface area contributed by atoms with Crippen LogP contribution in [0.4, 0.5) is 0 Å². The van der Waals surface area contributed by atoms with Crippen LogP contribution in [0.1, 0.15) is 11.1 Å². The fraction of sp³-hybridized carbons (Fsp3) is 0.0476. The van der Waals surface area contributed by atoms with Gasteiger partial charge in [-0.25, -0.2) is 16.8 Å². The third-order valence-electron chi connectivity index (χ3n) is 4.78. The summed E-state index contributed by atoms with van der Waals surface area (Å²) in [6.07, 6.45) is -0.191. The summed E-state index contributed by atoms with van der Waals surface area (Å²) < 4.78 is 71.1. The third-order valence-corrected chi connectivity index (χ3v) is 6.61. The summed E-state index contributed by atoms with van der Waals surface area (Å²) in [5, 5.41) is 2.53. The van der Waals surface area contributed by atoms with Gasteiger partial charge in [0.15, 0.2) is 0 Å². The Morgan fingerprint density at radius 2 is 0.839 bits per heavy atom. The van der Waals surface area contributed by atoms with Gasteiger partial charge in [-0.3, -0.25) is 0 Å². The van der Waals surface area contributed by atoms with Crippen LogP contribution >= 0.6 is 0 Å². The van der Waals surface area contributed by atoms with Gasteiger partial charge in [0.05, 0.1) is 9.79 Å². The predicted octanol–water partition coefficient (Wildman–Crippen LogP) is 3.39. The van der Waals surface area contributed by atoms with E-state index in [0.29, 0.717) is 21.5 Å². The molecule has 0 spiro atoms. The molecule has 0 amide bonds. The molecule has 4 aromatic rings. The first-order chi connectivity index (χ1) is 13.6. The molecule has 0 atom stereocenters. The van der Waals surface area contributed by atoms with Gasteiger partial charge >= 0.3 is 44.8 Å². The van der Waals surface area contributed by atoms with E-state index in [1.165, 1.54) is 24.3 Å². The molecule has 10 heteroatoms. The van der Waals surface area contributed by atoms with E-state index in [4.69, 9.17) is 0 Å². The van der Waals surface area contributed by atoms with Crippen LogP contribution in [-0.4, -0.2) is 25.9 Å². The van der Waals surface area contributed by atoms with E-state index in [1.807, 2.05) is 0 Å². The van der Waals surface area contributed by atoms with Gasteiger partial charge in [-0.1, -0.05) is 48.5 Å². The Kier molecular flexibility index (Phi) is 8.10. The Labute approximate surface area is 211 Å². The Balaban J connectivity index is 0.00000171. The zero-order chi connectivity index (χ0) is 20.8. The molecule has 0 N–H and O–H groups in total. The van der Waals surface area contributed by atoms with E-state index in [2.05, 4.69) is 0 Å². The first-order valence-corrected chi connectivity index (χ1v) is 11.4. The Morgan fingerprint density at radius 3 is 1.13 bits per heavy atom. The molecule has 0 bridgehead atoms. The van der Waals surface area contributed by atoms with Crippen molar-refractivity contribution in [2.24, 2.45) is 0 Å². The van der Waals surface area contributed by atoms with Crippen molar-refractivity contribution in [1.29, 1.82) is 0 Å². The summed E-state index contributed by atoms with van der Waals surface area (Å²) in [4.78, 5) is -0.864. The first kappa shape index (κ1) is 26.0. The van der Waals surface area contributed by atoms with Gasteiger partial charge in [-0.05, 0) is 63.4 Å². The molecule has 0 radical (unpaired) electrons. The molecule has 0 aromatic heterocycles. The average molecular weight is 642 g/mol. The predicted molar refractivity (Wildman–Crippen MR) is 107 cm³/mol. The monoisotopic (exact) mass is 640 g/mol. The van der Waals surface area contributed by atoms with Gasteiger partial charge in [0.2, 0.25) is 0 Å². The van der Waals surface area contributed by atoms with Crippen LogP contribution in [0.2, 0.25) is 0 Å². The van der Waals surface area contributed by atoms with Crippen LogP contribution in [0.3, 0.4) is 0 Å². The molecule has 0 saturated carbocycles. The molecule has 6 nitrogen and oxygen atoms in total. The quantitative estimate of drug-likeness (QED) is 0.249. The Morgan fingerprint density at radius 1 is 0.548 bits per heavy atom. The molecule has 168 valence electrons. The smallest absolute Gasteiger partial charge is 0.744 e. The van der Waals surface area contributed by atoms with Crippen LogP contribution in [-0.2, 0) is 71.4 Å². The SMILES string of the molecule is O=S(=O)([O-])c1cc2ccccc2cc1Cc1cc2ccccc2cc1S(=O)(=O)[O-].[Ag+].[Ag+]. The molecule has 0 fully saturated rings. The van der Waals surface area contributed by atoms with Crippen molar-refractivity contribution in [3.8, 4) is 0 Å². The number of rotatable bonds is 4.